The van der Waals surface area contributed by atoms with Gasteiger partial charge >= 0.3 is 0 Å². The molecule has 0 aliphatic carbocycles. The third-order valence-corrected chi connectivity index (χ3v) is 3.51. The fraction of sp³-hybridized carbons (Fsp3) is 0.0769. The first-order valence-electron chi connectivity index (χ1n) is 5.67. The number of nitrogens with zero attached hydrogens (tertiary/aromatic N) is 3. The van der Waals surface area contributed by atoms with Gasteiger partial charge in [0.05, 0.1) is 5.56 Å². The lowest BCUT2D eigenvalue weighted by Crippen LogP contribution is -1.91. The lowest BCUT2D eigenvalue weighted by Gasteiger charge is -2.03. The molecule has 0 bridgehead atoms. The first-order valence-corrected chi connectivity index (χ1v) is 6.46. The molecule has 19 heavy (non-hydrogen) atoms. The van der Waals surface area contributed by atoms with Gasteiger partial charge in [0, 0.05) is 23.3 Å². The summed E-state index contributed by atoms with van der Waals surface area (Å²) in [5, 5.41) is 8.35. The van der Waals surface area contributed by atoms with Crippen molar-refractivity contribution in [2.45, 2.75) is 0 Å². The van der Waals surface area contributed by atoms with Crippen LogP contribution in [-0.4, -0.2) is 14.9 Å². The molecule has 2 heterocycles. The maximum absolute atomic E-state index is 5.90. The summed E-state index contributed by atoms with van der Waals surface area (Å²) in [4.78, 5) is 0. The molecule has 2 N–H and O–H groups in total. The quantitative estimate of drug-likeness (QED) is 0.788. The number of aryl methyl sites for hydroxylation is 1. The van der Waals surface area contributed by atoms with Gasteiger partial charge in [-0.2, -0.15) is 5.10 Å². The first-order chi connectivity index (χ1) is 9.16. The van der Waals surface area contributed by atoms with Gasteiger partial charge in [-0.15, -0.1) is 0 Å². The third kappa shape index (κ3) is 2.04. The number of benzene rings is 1. The molecular weight excluding hydrogens is 308 g/mol. The van der Waals surface area contributed by atoms with Crippen LogP contribution in [0.5, 0.6) is 0 Å². The van der Waals surface area contributed by atoms with E-state index >= 15 is 0 Å². The standard InChI is InChI=1S/C13H11BrN4O/c1-18-7-6-10(16-18)12-11(13(15)19-17-12)8-4-2-3-5-9(8)14/h2-7H,15H2,1H3. The summed E-state index contributed by atoms with van der Waals surface area (Å²) in [5.74, 6) is 0.285. The molecule has 0 amide bonds. The molecule has 1 aromatic carbocycles. The van der Waals surface area contributed by atoms with E-state index in [-0.39, 0.29) is 5.88 Å². The van der Waals surface area contributed by atoms with Crippen LogP contribution in [0.25, 0.3) is 22.5 Å². The lowest BCUT2D eigenvalue weighted by molar-refractivity contribution is 0.439. The Labute approximate surface area is 118 Å². The van der Waals surface area contributed by atoms with Crippen LogP contribution in [-0.2, 0) is 7.05 Å². The van der Waals surface area contributed by atoms with Crippen molar-refractivity contribution in [2.75, 3.05) is 5.73 Å². The topological polar surface area (TPSA) is 69.9 Å². The Morgan fingerprint density at radius 2 is 2.05 bits per heavy atom. The molecular formula is C13H11BrN4O. The van der Waals surface area contributed by atoms with Crippen molar-refractivity contribution in [1.29, 1.82) is 0 Å². The SMILES string of the molecule is Cn1ccc(-c2noc(N)c2-c2ccccc2Br)n1. The number of aromatic nitrogens is 3. The Morgan fingerprint density at radius 3 is 2.74 bits per heavy atom. The van der Waals surface area contributed by atoms with Crippen molar-refractivity contribution in [3.63, 3.8) is 0 Å². The number of rotatable bonds is 2. The van der Waals surface area contributed by atoms with Gasteiger partial charge in [0.2, 0.25) is 5.88 Å². The Balaban J connectivity index is 2.22. The highest BCUT2D eigenvalue weighted by molar-refractivity contribution is 9.10. The number of hydrogen-bond acceptors (Lipinski definition) is 4. The molecule has 2 aromatic heterocycles. The predicted molar refractivity (Wildman–Crippen MR) is 76.3 cm³/mol. The van der Waals surface area contributed by atoms with Crippen molar-refractivity contribution in [3.8, 4) is 22.5 Å². The van der Waals surface area contributed by atoms with E-state index in [0.717, 1.165) is 21.3 Å². The van der Waals surface area contributed by atoms with E-state index in [0.29, 0.717) is 5.69 Å². The van der Waals surface area contributed by atoms with Gasteiger partial charge in [-0.3, -0.25) is 4.68 Å². The molecule has 5 nitrogen and oxygen atoms in total. The molecule has 3 aromatic rings. The van der Waals surface area contributed by atoms with Gasteiger partial charge in [0.25, 0.3) is 0 Å². The molecule has 0 atom stereocenters. The summed E-state index contributed by atoms with van der Waals surface area (Å²) < 4.78 is 7.77. The molecule has 0 fully saturated rings. The number of nitrogen functional groups attached to an aromatic ring is 1. The molecule has 0 saturated carbocycles. The molecule has 0 aliphatic heterocycles. The number of nitrogens with two attached hydrogens (primary N) is 1. The Morgan fingerprint density at radius 1 is 1.26 bits per heavy atom. The van der Waals surface area contributed by atoms with Crippen molar-refractivity contribution >= 4 is 21.8 Å². The van der Waals surface area contributed by atoms with Gasteiger partial charge in [-0.1, -0.05) is 39.3 Å². The minimum absolute atomic E-state index is 0.285. The van der Waals surface area contributed by atoms with Gasteiger partial charge < -0.3 is 10.3 Å². The van der Waals surface area contributed by atoms with Crippen LogP contribution in [0.4, 0.5) is 5.88 Å². The highest BCUT2D eigenvalue weighted by Gasteiger charge is 2.20. The average molecular weight is 319 g/mol. The van der Waals surface area contributed by atoms with E-state index in [9.17, 15) is 0 Å². The van der Waals surface area contributed by atoms with Gasteiger partial charge in [-0.25, -0.2) is 0 Å². The average Bonchev–Trinajstić information content (AvgIpc) is 2.96. The maximum atomic E-state index is 5.90. The zero-order chi connectivity index (χ0) is 13.4. The monoisotopic (exact) mass is 318 g/mol. The van der Waals surface area contributed by atoms with Crippen LogP contribution >= 0.6 is 15.9 Å². The van der Waals surface area contributed by atoms with E-state index in [1.165, 1.54) is 0 Å². The van der Waals surface area contributed by atoms with Crippen LogP contribution in [0.2, 0.25) is 0 Å². The Kier molecular flexibility index (Phi) is 2.87. The second kappa shape index (κ2) is 4.55. The summed E-state index contributed by atoms with van der Waals surface area (Å²) in [7, 11) is 1.85. The normalized spacial score (nSPS) is 10.8. The Bertz CT molecular complexity index is 732. The van der Waals surface area contributed by atoms with Crippen LogP contribution < -0.4 is 5.73 Å². The first kappa shape index (κ1) is 12.0. The van der Waals surface area contributed by atoms with Crippen molar-refractivity contribution in [1.82, 2.24) is 14.9 Å². The van der Waals surface area contributed by atoms with E-state index in [2.05, 4.69) is 26.2 Å². The van der Waals surface area contributed by atoms with Gasteiger partial charge in [0.15, 0.2) is 0 Å². The van der Waals surface area contributed by atoms with Gasteiger partial charge in [0.1, 0.15) is 11.4 Å². The van der Waals surface area contributed by atoms with E-state index in [4.69, 9.17) is 10.3 Å². The summed E-state index contributed by atoms with van der Waals surface area (Å²) in [6, 6.07) is 9.66. The summed E-state index contributed by atoms with van der Waals surface area (Å²) in [6.45, 7) is 0. The summed E-state index contributed by atoms with van der Waals surface area (Å²) in [5.41, 5.74) is 8.96. The summed E-state index contributed by atoms with van der Waals surface area (Å²) >= 11 is 3.51. The Hall–Kier alpha value is -2.08. The van der Waals surface area contributed by atoms with E-state index < -0.39 is 0 Å². The molecule has 0 aliphatic rings. The smallest absolute Gasteiger partial charge is 0.230 e. The van der Waals surface area contributed by atoms with Crippen LogP contribution in [0.3, 0.4) is 0 Å². The minimum atomic E-state index is 0.285. The second-order valence-corrected chi connectivity index (χ2v) is 4.98. The zero-order valence-electron chi connectivity index (χ0n) is 10.2. The number of hydrogen-bond donors (Lipinski definition) is 1. The minimum Gasteiger partial charge on any atom is -0.367 e. The molecule has 0 spiro atoms. The van der Waals surface area contributed by atoms with E-state index in [1.54, 1.807) is 4.68 Å². The predicted octanol–water partition coefficient (Wildman–Crippen LogP) is 3.09. The fourth-order valence-electron chi connectivity index (χ4n) is 1.94. The largest absolute Gasteiger partial charge is 0.367 e. The molecule has 6 heteroatoms. The van der Waals surface area contributed by atoms with Crippen LogP contribution in [0.1, 0.15) is 0 Å². The molecule has 0 radical (unpaired) electrons. The number of anilines is 1. The van der Waals surface area contributed by atoms with Crippen LogP contribution in [0.15, 0.2) is 45.5 Å². The molecule has 0 saturated heterocycles. The van der Waals surface area contributed by atoms with Crippen molar-refractivity contribution in [2.24, 2.45) is 7.05 Å². The lowest BCUT2D eigenvalue weighted by atomic mass is 10.0. The third-order valence-electron chi connectivity index (χ3n) is 2.82. The molecule has 3 rings (SSSR count). The molecule has 0 unspecified atom stereocenters. The highest BCUT2D eigenvalue weighted by atomic mass is 79.9. The van der Waals surface area contributed by atoms with Crippen molar-refractivity contribution in [3.05, 3.63) is 41.0 Å². The van der Waals surface area contributed by atoms with Crippen LogP contribution in [0, 0.1) is 0 Å². The molecule has 96 valence electrons. The number of halogens is 1. The van der Waals surface area contributed by atoms with Gasteiger partial charge in [-0.05, 0) is 12.1 Å². The summed E-state index contributed by atoms with van der Waals surface area (Å²) in [6.07, 6.45) is 1.85. The maximum Gasteiger partial charge on any atom is 0.230 e. The van der Waals surface area contributed by atoms with Crippen molar-refractivity contribution < 1.29 is 4.52 Å². The van der Waals surface area contributed by atoms with E-state index in [1.807, 2.05) is 43.6 Å². The fourth-order valence-corrected chi connectivity index (χ4v) is 2.43. The zero-order valence-corrected chi connectivity index (χ0v) is 11.8. The second-order valence-electron chi connectivity index (χ2n) is 4.12. The highest BCUT2D eigenvalue weighted by Crippen LogP contribution is 2.38.